The Kier molecular flexibility index (Phi) is 4.07. The van der Waals surface area contributed by atoms with E-state index in [4.69, 9.17) is 9.47 Å². The third-order valence-electron chi connectivity index (χ3n) is 1.86. The average Bonchev–Trinajstić information content (AvgIpc) is 2.18. The molecule has 0 unspecified atom stereocenters. The molecule has 0 aliphatic heterocycles. The van der Waals surface area contributed by atoms with Gasteiger partial charge in [0.25, 0.3) is 0 Å². The molecule has 0 aliphatic carbocycles. The van der Waals surface area contributed by atoms with Gasteiger partial charge in [0.2, 0.25) is 0 Å². The van der Waals surface area contributed by atoms with E-state index in [1.54, 1.807) is 6.92 Å². The summed E-state index contributed by atoms with van der Waals surface area (Å²) < 4.78 is 47.7. The Hall–Kier alpha value is -0.910. The molecule has 0 spiro atoms. The number of hydrogen-bond donors (Lipinski definition) is 0. The lowest BCUT2D eigenvalue weighted by molar-refractivity contribution is -0.138. The third kappa shape index (κ3) is 2.81. The molecule has 1 rings (SSSR count). The molecular formula is C10H10BrF3O2. The van der Waals surface area contributed by atoms with Crippen LogP contribution in [0.4, 0.5) is 13.2 Å². The fourth-order valence-corrected chi connectivity index (χ4v) is 1.73. The molecule has 0 saturated carbocycles. The molecule has 0 aromatic heterocycles. The van der Waals surface area contributed by atoms with Crippen molar-refractivity contribution in [2.24, 2.45) is 0 Å². The fraction of sp³-hybridized carbons (Fsp3) is 0.400. The molecule has 0 radical (unpaired) electrons. The third-order valence-corrected chi connectivity index (χ3v) is 2.51. The number of alkyl halides is 3. The summed E-state index contributed by atoms with van der Waals surface area (Å²) in [5.41, 5.74) is -0.781. The number of methoxy groups -OCH3 is 1. The second-order valence-electron chi connectivity index (χ2n) is 2.91. The molecule has 90 valence electrons. The van der Waals surface area contributed by atoms with Gasteiger partial charge in [-0.1, -0.05) is 15.9 Å². The van der Waals surface area contributed by atoms with Crippen molar-refractivity contribution in [1.82, 2.24) is 0 Å². The van der Waals surface area contributed by atoms with Crippen molar-refractivity contribution < 1.29 is 22.6 Å². The number of hydrogen-bond acceptors (Lipinski definition) is 2. The summed E-state index contributed by atoms with van der Waals surface area (Å²) in [4.78, 5) is 0. The van der Waals surface area contributed by atoms with Crippen LogP contribution in [-0.4, -0.2) is 13.7 Å². The Labute approximate surface area is 99.5 Å². The lowest BCUT2D eigenvalue weighted by Crippen LogP contribution is -2.07. The van der Waals surface area contributed by atoms with Crippen LogP contribution in [0.1, 0.15) is 12.5 Å². The first-order valence-corrected chi connectivity index (χ1v) is 5.27. The van der Waals surface area contributed by atoms with Crippen molar-refractivity contribution in [2.75, 3.05) is 13.7 Å². The van der Waals surface area contributed by atoms with Crippen LogP contribution in [0.3, 0.4) is 0 Å². The largest absolute Gasteiger partial charge is 0.493 e. The van der Waals surface area contributed by atoms with E-state index in [1.165, 1.54) is 13.2 Å². The normalized spacial score (nSPS) is 11.4. The highest BCUT2D eigenvalue weighted by atomic mass is 79.9. The van der Waals surface area contributed by atoms with E-state index >= 15 is 0 Å². The van der Waals surface area contributed by atoms with Crippen molar-refractivity contribution >= 4 is 15.9 Å². The van der Waals surface area contributed by atoms with Crippen molar-refractivity contribution in [2.45, 2.75) is 13.1 Å². The van der Waals surface area contributed by atoms with Gasteiger partial charge >= 0.3 is 6.18 Å². The molecular weight excluding hydrogens is 289 g/mol. The molecule has 0 amide bonds. The highest BCUT2D eigenvalue weighted by Gasteiger charge is 2.34. The minimum atomic E-state index is -4.42. The van der Waals surface area contributed by atoms with Crippen molar-refractivity contribution in [3.63, 3.8) is 0 Å². The van der Waals surface area contributed by atoms with Crippen LogP contribution in [0.15, 0.2) is 16.6 Å². The maximum absolute atomic E-state index is 12.6. The second-order valence-corrected chi connectivity index (χ2v) is 3.77. The van der Waals surface area contributed by atoms with Crippen LogP contribution in [0.5, 0.6) is 11.5 Å². The number of ether oxygens (including phenoxy) is 2. The van der Waals surface area contributed by atoms with Crippen LogP contribution >= 0.6 is 15.9 Å². The zero-order valence-electron chi connectivity index (χ0n) is 8.69. The van der Waals surface area contributed by atoms with Gasteiger partial charge in [0.15, 0.2) is 11.5 Å². The summed E-state index contributed by atoms with van der Waals surface area (Å²) in [6.07, 6.45) is -4.42. The predicted octanol–water partition coefficient (Wildman–Crippen LogP) is 3.88. The molecule has 0 atom stereocenters. The lowest BCUT2D eigenvalue weighted by atomic mass is 10.2. The first kappa shape index (κ1) is 13.2. The molecule has 0 heterocycles. The van der Waals surface area contributed by atoms with Crippen LogP contribution in [0.25, 0.3) is 0 Å². The van der Waals surface area contributed by atoms with Gasteiger partial charge in [-0.15, -0.1) is 0 Å². The summed E-state index contributed by atoms with van der Waals surface area (Å²) in [5.74, 6) is 0.349. The molecule has 16 heavy (non-hydrogen) atoms. The molecule has 0 fully saturated rings. The molecule has 2 nitrogen and oxygen atoms in total. The average molecular weight is 299 g/mol. The maximum Gasteiger partial charge on any atom is 0.417 e. The second kappa shape index (κ2) is 4.95. The number of rotatable bonds is 3. The van der Waals surface area contributed by atoms with Crippen LogP contribution in [0.2, 0.25) is 0 Å². The highest BCUT2D eigenvalue weighted by molar-refractivity contribution is 9.10. The van der Waals surface area contributed by atoms with E-state index in [-0.39, 0.29) is 22.6 Å². The predicted molar refractivity (Wildman–Crippen MR) is 56.9 cm³/mol. The molecule has 0 bridgehead atoms. The Morgan fingerprint density at radius 2 is 1.88 bits per heavy atom. The van der Waals surface area contributed by atoms with E-state index in [1.807, 2.05) is 0 Å². The fourth-order valence-electron chi connectivity index (χ4n) is 1.18. The molecule has 0 aliphatic rings. The Bertz CT molecular complexity index is 377. The lowest BCUT2D eigenvalue weighted by Gasteiger charge is -2.14. The van der Waals surface area contributed by atoms with Gasteiger partial charge in [-0.3, -0.25) is 0 Å². The Balaban J connectivity index is 3.27. The standard InChI is InChI=1S/C10H10BrF3O2/c1-3-16-9-4-6(10(12,13)14)7(11)5-8(9)15-2/h4-5H,3H2,1-2H3. The van der Waals surface area contributed by atoms with Gasteiger partial charge in [-0.25, -0.2) is 0 Å². The monoisotopic (exact) mass is 298 g/mol. The number of benzene rings is 1. The summed E-state index contributed by atoms with van der Waals surface area (Å²) in [7, 11) is 1.37. The van der Waals surface area contributed by atoms with Crippen molar-refractivity contribution in [3.05, 3.63) is 22.2 Å². The highest BCUT2D eigenvalue weighted by Crippen LogP contribution is 2.41. The smallest absolute Gasteiger partial charge is 0.417 e. The quantitative estimate of drug-likeness (QED) is 0.843. The van der Waals surface area contributed by atoms with E-state index < -0.39 is 11.7 Å². The van der Waals surface area contributed by atoms with Crippen LogP contribution in [-0.2, 0) is 6.18 Å². The van der Waals surface area contributed by atoms with Crippen molar-refractivity contribution in [1.29, 1.82) is 0 Å². The van der Waals surface area contributed by atoms with Gasteiger partial charge in [0.1, 0.15) is 0 Å². The first-order chi connectivity index (χ1) is 7.40. The summed E-state index contributed by atoms with van der Waals surface area (Å²) in [6.45, 7) is 1.96. The van der Waals surface area contributed by atoms with E-state index in [9.17, 15) is 13.2 Å². The van der Waals surface area contributed by atoms with Gasteiger partial charge in [-0.2, -0.15) is 13.2 Å². The minimum absolute atomic E-state index is 0.0692. The Morgan fingerprint density at radius 3 is 2.31 bits per heavy atom. The van der Waals surface area contributed by atoms with Gasteiger partial charge in [0, 0.05) is 4.47 Å². The molecule has 6 heteroatoms. The van der Waals surface area contributed by atoms with Crippen LogP contribution < -0.4 is 9.47 Å². The zero-order valence-corrected chi connectivity index (χ0v) is 10.3. The number of halogens is 4. The summed E-state index contributed by atoms with van der Waals surface area (Å²) >= 11 is 2.85. The Morgan fingerprint density at radius 1 is 1.25 bits per heavy atom. The van der Waals surface area contributed by atoms with E-state index in [0.29, 0.717) is 0 Å². The molecule has 0 saturated heterocycles. The van der Waals surface area contributed by atoms with Gasteiger partial charge < -0.3 is 9.47 Å². The minimum Gasteiger partial charge on any atom is -0.493 e. The topological polar surface area (TPSA) is 18.5 Å². The molecule has 0 N–H and O–H groups in total. The van der Waals surface area contributed by atoms with Crippen molar-refractivity contribution in [3.8, 4) is 11.5 Å². The molecule has 1 aromatic carbocycles. The maximum atomic E-state index is 12.6. The van der Waals surface area contributed by atoms with Gasteiger partial charge in [0.05, 0.1) is 19.3 Å². The molecule has 1 aromatic rings. The van der Waals surface area contributed by atoms with E-state index in [2.05, 4.69) is 15.9 Å². The van der Waals surface area contributed by atoms with E-state index in [0.717, 1.165) is 6.07 Å². The first-order valence-electron chi connectivity index (χ1n) is 4.47. The van der Waals surface area contributed by atoms with Crippen LogP contribution in [0, 0.1) is 0 Å². The summed E-state index contributed by atoms with van der Waals surface area (Å²) in [6, 6.07) is 2.17. The SMILES string of the molecule is CCOc1cc(C(F)(F)F)c(Br)cc1OC. The summed E-state index contributed by atoms with van der Waals surface area (Å²) in [5, 5.41) is 0. The van der Waals surface area contributed by atoms with Gasteiger partial charge in [-0.05, 0) is 19.1 Å². The zero-order chi connectivity index (χ0) is 12.3.